The van der Waals surface area contributed by atoms with E-state index in [1.165, 1.54) is 18.4 Å². The molecule has 20 heavy (non-hydrogen) atoms. The summed E-state index contributed by atoms with van der Waals surface area (Å²) in [6.07, 6.45) is 5.02. The molecule has 3 rings (SSSR count). The first-order chi connectivity index (χ1) is 9.61. The van der Waals surface area contributed by atoms with Gasteiger partial charge in [-0.1, -0.05) is 0 Å². The van der Waals surface area contributed by atoms with Gasteiger partial charge < -0.3 is 15.0 Å². The Labute approximate surface area is 129 Å². The Hall–Kier alpha value is -0.650. The van der Waals surface area contributed by atoms with Crippen LogP contribution < -0.4 is 10.2 Å². The van der Waals surface area contributed by atoms with E-state index in [-0.39, 0.29) is 12.2 Å². The number of rotatable bonds is 4. The average molecular weight is 340 g/mol. The lowest BCUT2D eigenvalue weighted by atomic mass is 10.2. The molecule has 0 radical (unpaired) electrons. The number of hydrogen-bond acceptors (Lipinski definition) is 4. The van der Waals surface area contributed by atoms with Gasteiger partial charge in [0.25, 0.3) is 0 Å². The van der Waals surface area contributed by atoms with Gasteiger partial charge in [0.1, 0.15) is 5.82 Å². The maximum Gasteiger partial charge on any atom is 0.133 e. The van der Waals surface area contributed by atoms with Crippen molar-refractivity contribution in [2.45, 2.75) is 51.5 Å². The molecule has 110 valence electrons. The first kappa shape index (κ1) is 14.3. The Balaban J connectivity index is 1.79. The Morgan fingerprint density at radius 3 is 2.70 bits per heavy atom. The molecule has 1 saturated heterocycles. The molecule has 1 aromatic heterocycles. The van der Waals surface area contributed by atoms with Crippen LogP contribution in [-0.2, 0) is 11.3 Å². The van der Waals surface area contributed by atoms with Crippen molar-refractivity contribution >= 4 is 21.7 Å². The highest BCUT2D eigenvalue weighted by Gasteiger charge is 2.26. The van der Waals surface area contributed by atoms with Gasteiger partial charge in [-0.3, -0.25) is 0 Å². The van der Waals surface area contributed by atoms with Gasteiger partial charge in [0.2, 0.25) is 0 Å². The van der Waals surface area contributed by atoms with Crippen molar-refractivity contribution in [3.05, 3.63) is 22.3 Å². The molecular weight excluding hydrogens is 318 g/mol. The van der Waals surface area contributed by atoms with Crippen molar-refractivity contribution in [3.63, 3.8) is 0 Å². The summed E-state index contributed by atoms with van der Waals surface area (Å²) in [4.78, 5) is 7.01. The third-order valence-electron chi connectivity index (χ3n) is 3.79. The number of aromatic nitrogens is 1. The van der Waals surface area contributed by atoms with Crippen LogP contribution in [0.1, 0.15) is 32.3 Å². The number of nitrogens with one attached hydrogen (secondary N) is 1. The minimum atomic E-state index is 0.258. The second-order valence-electron chi connectivity index (χ2n) is 5.95. The molecule has 0 spiro atoms. The van der Waals surface area contributed by atoms with E-state index in [1.807, 2.05) is 6.20 Å². The lowest BCUT2D eigenvalue weighted by molar-refractivity contribution is -0.00551. The zero-order valence-electron chi connectivity index (χ0n) is 12.1. The summed E-state index contributed by atoms with van der Waals surface area (Å²) in [5.74, 6) is 1.10. The normalized spacial score (nSPS) is 26.9. The predicted molar refractivity (Wildman–Crippen MR) is 84.0 cm³/mol. The number of hydrogen-bond donors (Lipinski definition) is 1. The van der Waals surface area contributed by atoms with Gasteiger partial charge in [-0.05, 0) is 48.7 Å². The second-order valence-corrected chi connectivity index (χ2v) is 6.87. The summed E-state index contributed by atoms with van der Waals surface area (Å²) < 4.78 is 6.86. The standard InChI is InChI=1S/C15H22BrN3O/c1-10-8-19(9-11(2)20-10)15-12(5-13(16)7-18-15)6-17-14-3-4-14/h5,7,10-11,14,17H,3-4,6,8-9H2,1-2H3/t10-,11+. The quantitative estimate of drug-likeness (QED) is 0.915. The van der Waals surface area contributed by atoms with E-state index in [4.69, 9.17) is 4.74 Å². The van der Waals surface area contributed by atoms with Crippen LogP contribution in [0.4, 0.5) is 5.82 Å². The molecule has 4 nitrogen and oxygen atoms in total. The molecule has 1 N–H and O–H groups in total. The van der Waals surface area contributed by atoms with Gasteiger partial charge in [0.05, 0.1) is 12.2 Å². The Bertz CT molecular complexity index is 468. The third kappa shape index (κ3) is 3.51. The molecule has 0 bridgehead atoms. The fourth-order valence-corrected chi connectivity index (χ4v) is 3.16. The number of morpholine rings is 1. The van der Waals surface area contributed by atoms with Gasteiger partial charge in [-0.15, -0.1) is 0 Å². The number of ether oxygens (including phenoxy) is 1. The van der Waals surface area contributed by atoms with E-state index >= 15 is 0 Å². The van der Waals surface area contributed by atoms with Crippen LogP contribution in [-0.4, -0.2) is 36.3 Å². The van der Waals surface area contributed by atoms with Crippen molar-refractivity contribution in [1.29, 1.82) is 0 Å². The van der Waals surface area contributed by atoms with Gasteiger partial charge >= 0.3 is 0 Å². The first-order valence-corrected chi connectivity index (χ1v) is 8.19. The molecule has 0 aromatic carbocycles. The predicted octanol–water partition coefficient (Wildman–Crippen LogP) is 2.71. The fourth-order valence-electron chi connectivity index (χ4n) is 2.78. The summed E-state index contributed by atoms with van der Waals surface area (Å²) in [6.45, 7) is 6.98. The highest BCUT2D eigenvalue weighted by Crippen LogP contribution is 2.26. The minimum Gasteiger partial charge on any atom is -0.372 e. The summed E-state index contributed by atoms with van der Waals surface area (Å²) >= 11 is 3.53. The SMILES string of the molecule is C[C@@H]1CN(c2ncc(Br)cc2CNC2CC2)C[C@H](C)O1. The molecule has 1 aliphatic carbocycles. The molecular formula is C15H22BrN3O. The molecule has 1 aliphatic heterocycles. The third-order valence-corrected chi connectivity index (χ3v) is 4.22. The summed E-state index contributed by atoms with van der Waals surface area (Å²) in [5, 5.41) is 3.58. The van der Waals surface area contributed by atoms with Crippen LogP contribution in [0.5, 0.6) is 0 Å². The number of nitrogens with zero attached hydrogens (tertiary/aromatic N) is 2. The molecule has 2 aliphatic rings. The van der Waals surface area contributed by atoms with Crippen molar-refractivity contribution in [1.82, 2.24) is 10.3 Å². The highest BCUT2D eigenvalue weighted by atomic mass is 79.9. The molecule has 0 amide bonds. The molecule has 2 atom stereocenters. The van der Waals surface area contributed by atoms with Crippen molar-refractivity contribution in [3.8, 4) is 0 Å². The minimum absolute atomic E-state index is 0.258. The first-order valence-electron chi connectivity index (χ1n) is 7.40. The smallest absolute Gasteiger partial charge is 0.133 e. The maximum atomic E-state index is 5.82. The Morgan fingerprint density at radius 1 is 1.35 bits per heavy atom. The number of anilines is 1. The van der Waals surface area contributed by atoms with Crippen LogP contribution >= 0.6 is 15.9 Å². The van der Waals surface area contributed by atoms with E-state index in [2.05, 4.69) is 51.0 Å². The van der Waals surface area contributed by atoms with E-state index < -0.39 is 0 Å². The van der Waals surface area contributed by atoms with Gasteiger partial charge in [-0.2, -0.15) is 0 Å². The van der Waals surface area contributed by atoms with Crippen LogP contribution in [0.2, 0.25) is 0 Å². The average Bonchev–Trinajstić information content (AvgIpc) is 3.19. The van der Waals surface area contributed by atoms with Crippen molar-refractivity contribution in [2.75, 3.05) is 18.0 Å². The van der Waals surface area contributed by atoms with E-state index in [1.54, 1.807) is 0 Å². The van der Waals surface area contributed by atoms with Gasteiger partial charge in [0.15, 0.2) is 0 Å². The van der Waals surface area contributed by atoms with Gasteiger partial charge in [-0.25, -0.2) is 4.98 Å². The van der Waals surface area contributed by atoms with Crippen LogP contribution in [0.15, 0.2) is 16.7 Å². The largest absolute Gasteiger partial charge is 0.372 e. The molecule has 0 unspecified atom stereocenters. The van der Waals surface area contributed by atoms with Crippen LogP contribution in [0.3, 0.4) is 0 Å². The topological polar surface area (TPSA) is 37.4 Å². The number of pyridine rings is 1. The molecule has 1 aromatic rings. The molecule has 2 heterocycles. The van der Waals surface area contributed by atoms with E-state index in [0.29, 0.717) is 6.04 Å². The van der Waals surface area contributed by atoms with Crippen molar-refractivity contribution in [2.24, 2.45) is 0 Å². The van der Waals surface area contributed by atoms with Crippen molar-refractivity contribution < 1.29 is 4.74 Å². The zero-order chi connectivity index (χ0) is 14.1. The molecule has 5 heteroatoms. The number of halogens is 1. The van der Waals surface area contributed by atoms with Crippen LogP contribution in [0.25, 0.3) is 0 Å². The maximum absolute atomic E-state index is 5.82. The monoisotopic (exact) mass is 339 g/mol. The second kappa shape index (κ2) is 6.00. The summed E-state index contributed by atoms with van der Waals surface area (Å²) in [5.41, 5.74) is 1.27. The molecule has 1 saturated carbocycles. The Kier molecular flexibility index (Phi) is 4.29. The lowest BCUT2D eigenvalue weighted by Gasteiger charge is -2.37. The fraction of sp³-hybridized carbons (Fsp3) is 0.667. The highest BCUT2D eigenvalue weighted by molar-refractivity contribution is 9.10. The lowest BCUT2D eigenvalue weighted by Crippen LogP contribution is -2.46. The summed E-state index contributed by atoms with van der Waals surface area (Å²) in [6, 6.07) is 2.90. The molecule has 2 fully saturated rings. The van der Waals surface area contributed by atoms with Gasteiger partial charge in [0, 0.05) is 41.9 Å². The van der Waals surface area contributed by atoms with Crippen LogP contribution in [0, 0.1) is 0 Å². The van der Waals surface area contributed by atoms with E-state index in [0.717, 1.165) is 29.9 Å². The summed E-state index contributed by atoms with van der Waals surface area (Å²) in [7, 11) is 0. The Morgan fingerprint density at radius 2 is 2.05 bits per heavy atom. The van der Waals surface area contributed by atoms with E-state index in [9.17, 15) is 0 Å². The zero-order valence-corrected chi connectivity index (χ0v) is 13.7.